The fraction of sp³-hybridized carbons (Fsp3) is 0.353. The van der Waals surface area contributed by atoms with Crippen LogP contribution in [0.15, 0.2) is 35.0 Å². The lowest BCUT2D eigenvalue weighted by Crippen LogP contribution is -2.36. The van der Waals surface area contributed by atoms with Crippen molar-refractivity contribution in [3.63, 3.8) is 0 Å². The second kappa shape index (κ2) is 7.84. The first-order valence-corrected chi connectivity index (χ1v) is 8.30. The summed E-state index contributed by atoms with van der Waals surface area (Å²) < 4.78 is 0. The molecule has 0 saturated heterocycles. The molecular weight excluding hydrogens is 294 g/mol. The summed E-state index contributed by atoms with van der Waals surface area (Å²) in [6, 6.07) is 8.31. The van der Waals surface area contributed by atoms with Crippen LogP contribution in [-0.4, -0.2) is 26.7 Å². The molecule has 0 saturated carbocycles. The van der Waals surface area contributed by atoms with Gasteiger partial charge in [-0.25, -0.2) is 4.79 Å². The van der Waals surface area contributed by atoms with Gasteiger partial charge in [0.15, 0.2) is 0 Å². The SMILES string of the molecule is Cc1ccc(CCNC(=O)NCc2ccsc2)c(N(C)C)c1. The molecule has 0 aliphatic rings. The van der Waals surface area contributed by atoms with Crippen LogP contribution < -0.4 is 15.5 Å². The van der Waals surface area contributed by atoms with E-state index in [1.165, 1.54) is 16.8 Å². The van der Waals surface area contributed by atoms with E-state index < -0.39 is 0 Å². The monoisotopic (exact) mass is 317 g/mol. The molecule has 2 amide bonds. The minimum absolute atomic E-state index is 0.121. The Morgan fingerprint density at radius 2 is 2.05 bits per heavy atom. The Kier molecular flexibility index (Phi) is 5.83. The quantitative estimate of drug-likeness (QED) is 0.859. The molecule has 2 aromatic rings. The van der Waals surface area contributed by atoms with Gasteiger partial charge in [-0.05, 0) is 52.9 Å². The van der Waals surface area contributed by atoms with E-state index in [0.29, 0.717) is 13.1 Å². The van der Waals surface area contributed by atoms with E-state index in [2.05, 4.69) is 40.7 Å². The third-order valence-electron chi connectivity index (χ3n) is 3.44. The maximum atomic E-state index is 11.8. The average molecular weight is 317 g/mol. The second-order valence-electron chi connectivity index (χ2n) is 5.52. The Morgan fingerprint density at radius 1 is 1.23 bits per heavy atom. The number of hydrogen-bond acceptors (Lipinski definition) is 3. The maximum absolute atomic E-state index is 11.8. The third kappa shape index (κ3) is 4.77. The van der Waals surface area contributed by atoms with Crippen LogP contribution in [0.3, 0.4) is 0 Å². The number of nitrogens with zero attached hydrogens (tertiary/aromatic N) is 1. The van der Waals surface area contributed by atoms with Crippen LogP contribution in [-0.2, 0) is 13.0 Å². The molecule has 0 aliphatic carbocycles. The number of benzene rings is 1. The normalized spacial score (nSPS) is 10.3. The standard InChI is InChI=1S/C17H23N3OS/c1-13-4-5-15(16(10-13)20(2)3)6-8-18-17(21)19-11-14-7-9-22-12-14/h4-5,7,9-10,12H,6,8,11H2,1-3H3,(H2,18,19,21). The Hall–Kier alpha value is -2.01. The van der Waals surface area contributed by atoms with E-state index in [1.54, 1.807) is 11.3 Å². The van der Waals surface area contributed by atoms with Crippen molar-refractivity contribution >= 4 is 23.1 Å². The second-order valence-corrected chi connectivity index (χ2v) is 6.30. The molecule has 2 rings (SSSR count). The van der Waals surface area contributed by atoms with Crippen molar-refractivity contribution in [1.82, 2.24) is 10.6 Å². The van der Waals surface area contributed by atoms with Gasteiger partial charge in [0.2, 0.25) is 0 Å². The van der Waals surface area contributed by atoms with Gasteiger partial charge in [0.05, 0.1) is 0 Å². The van der Waals surface area contributed by atoms with Crippen LogP contribution in [0.25, 0.3) is 0 Å². The lowest BCUT2D eigenvalue weighted by molar-refractivity contribution is 0.240. The number of aryl methyl sites for hydroxylation is 1. The van der Waals surface area contributed by atoms with E-state index in [9.17, 15) is 4.79 Å². The Bertz CT molecular complexity index is 608. The third-order valence-corrected chi connectivity index (χ3v) is 4.17. The molecule has 0 bridgehead atoms. The number of nitrogens with one attached hydrogen (secondary N) is 2. The predicted octanol–water partition coefficient (Wildman–Crippen LogP) is 3.16. The summed E-state index contributed by atoms with van der Waals surface area (Å²) in [6.45, 7) is 3.29. The number of anilines is 1. The Labute approximate surface area is 136 Å². The summed E-state index contributed by atoms with van der Waals surface area (Å²) in [7, 11) is 4.08. The highest BCUT2D eigenvalue weighted by molar-refractivity contribution is 7.07. The van der Waals surface area contributed by atoms with Crippen molar-refractivity contribution in [3.8, 4) is 0 Å². The molecular formula is C17H23N3OS. The first-order valence-electron chi connectivity index (χ1n) is 7.36. The van der Waals surface area contributed by atoms with Crippen LogP contribution in [0, 0.1) is 6.92 Å². The average Bonchev–Trinajstić information content (AvgIpc) is 3.00. The lowest BCUT2D eigenvalue weighted by Gasteiger charge is -2.18. The fourth-order valence-electron chi connectivity index (χ4n) is 2.25. The predicted molar refractivity (Wildman–Crippen MR) is 93.8 cm³/mol. The van der Waals surface area contributed by atoms with E-state index in [-0.39, 0.29) is 6.03 Å². The van der Waals surface area contributed by atoms with Crippen LogP contribution in [0.4, 0.5) is 10.5 Å². The van der Waals surface area contributed by atoms with Crippen molar-refractivity contribution in [2.45, 2.75) is 19.9 Å². The summed E-state index contributed by atoms with van der Waals surface area (Å²) in [5.74, 6) is 0. The Balaban J connectivity index is 1.79. The molecule has 4 nitrogen and oxygen atoms in total. The molecule has 2 N–H and O–H groups in total. The molecule has 0 unspecified atom stereocenters. The molecule has 22 heavy (non-hydrogen) atoms. The van der Waals surface area contributed by atoms with Crippen LogP contribution >= 0.6 is 11.3 Å². The lowest BCUT2D eigenvalue weighted by atomic mass is 10.1. The minimum atomic E-state index is -0.121. The molecule has 118 valence electrons. The molecule has 1 aromatic carbocycles. The zero-order chi connectivity index (χ0) is 15.9. The molecule has 1 aromatic heterocycles. The van der Waals surface area contributed by atoms with Crippen molar-refractivity contribution < 1.29 is 4.79 Å². The zero-order valence-corrected chi connectivity index (χ0v) is 14.2. The van der Waals surface area contributed by atoms with Gasteiger partial charge < -0.3 is 15.5 Å². The number of hydrogen-bond donors (Lipinski definition) is 2. The van der Waals surface area contributed by atoms with E-state index in [1.807, 2.05) is 30.9 Å². The van der Waals surface area contributed by atoms with Crippen LogP contribution in [0.1, 0.15) is 16.7 Å². The van der Waals surface area contributed by atoms with Crippen molar-refractivity contribution in [1.29, 1.82) is 0 Å². The highest BCUT2D eigenvalue weighted by atomic mass is 32.1. The molecule has 0 fully saturated rings. The van der Waals surface area contributed by atoms with Gasteiger partial charge in [0.25, 0.3) is 0 Å². The maximum Gasteiger partial charge on any atom is 0.315 e. The summed E-state index contributed by atoms with van der Waals surface area (Å²) in [5, 5.41) is 9.82. The van der Waals surface area contributed by atoms with E-state index >= 15 is 0 Å². The highest BCUT2D eigenvalue weighted by Crippen LogP contribution is 2.20. The van der Waals surface area contributed by atoms with Gasteiger partial charge in [-0.15, -0.1) is 0 Å². The zero-order valence-electron chi connectivity index (χ0n) is 13.3. The summed E-state index contributed by atoms with van der Waals surface area (Å²) in [6.07, 6.45) is 0.819. The van der Waals surface area contributed by atoms with Gasteiger partial charge in [0.1, 0.15) is 0 Å². The number of carbonyl (C=O) groups excluding carboxylic acids is 1. The topological polar surface area (TPSA) is 44.4 Å². The van der Waals surface area contributed by atoms with Crippen molar-refractivity contribution in [2.24, 2.45) is 0 Å². The first kappa shape index (κ1) is 16.4. The molecule has 0 radical (unpaired) electrons. The number of carbonyl (C=O) groups is 1. The summed E-state index contributed by atoms with van der Waals surface area (Å²) >= 11 is 1.64. The summed E-state index contributed by atoms with van der Waals surface area (Å²) in [5.41, 5.74) is 4.83. The molecule has 0 aliphatic heterocycles. The summed E-state index contributed by atoms with van der Waals surface area (Å²) in [4.78, 5) is 13.9. The molecule has 1 heterocycles. The number of thiophene rings is 1. The Morgan fingerprint density at radius 3 is 2.73 bits per heavy atom. The largest absolute Gasteiger partial charge is 0.377 e. The molecule has 5 heteroatoms. The van der Waals surface area contributed by atoms with E-state index in [4.69, 9.17) is 0 Å². The highest BCUT2D eigenvalue weighted by Gasteiger charge is 2.06. The fourth-order valence-corrected chi connectivity index (χ4v) is 2.92. The van der Waals surface area contributed by atoms with E-state index in [0.717, 1.165) is 12.0 Å². The number of urea groups is 1. The molecule has 0 atom stereocenters. The first-order chi connectivity index (χ1) is 10.6. The number of amides is 2. The van der Waals surface area contributed by atoms with Gasteiger partial charge in [0, 0.05) is 32.9 Å². The van der Waals surface area contributed by atoms with Gasteiger partial charge in [-0.2, -0.15) is 11.3 Å². The van der Waals surface area contributed by atoms with Crippen LogP contribution in [0.5, 0.6) is 0 Å². The van der Waals surface area contributed by atoms with Crippen molar-refractivity contribution in [3.05, 3.63) is 51.7 Å². The van der Waals surface area contributed by atoms with Gasteiger partial charge in [-0.3, -0.25) is 0 Å². The van der Waals surface area contributed by atoms with Crippen LogP contribution in [0.2, 0.25) is 0 Å². The van der Waals surface area contributed by atoms with Crippen molar-refractivity contribution in [2.75, 3.05) is 25.5 Å². The number of rotatable bonds is 6. The van der Waals surface area contributed by atoms with Gasteiger partial charge >= 0.3 is 6.03 Å². The smallest absolute Gasteiger partial charge is 0.315 e. The van der Waals surface area contributed by atoms with Gasteiger partial charge in [-0.1, -0.05) is 12.1 Å². The molecule has 0 spiro atoms. The minimum Gasteiger partial charge on any atom is -0.377 e.